The fourth-order valence-electron chi connectivity index (χ4n) is 2.47. The normalized spacial score (nSPS) is 15.5. The predicted octanol–water partition coefficient (Wildman–Crippen LogP) is 3.62. The Morgan fingerprint density at radius 1 is 1.00 bits per heavy atom. The van der Waals surface area contributed by atoms with Gasteiger partial charge in [0.1, 0.15) is 0 Å². The maximum absolute atomic E-state index is 12.5. The molecule has 0 spiro atoms. The zero-order valence-electron chi connectivity index (χ0n) is 12.3. The lowest BCUT2D eigenvalue weighted by molar-refractivity contribution is -0.137. The summed E-state index contributed by atoms with van der Waals surface area (Å²) in [5.41, 5.74) is -0.166. The molecule has 0 unspecified atom stereocenters. The van der Waals surface area contributed by atoms with Gasteiger partial charge >= 0.3 is 6.18 Å². The van der Waals surface area contributed by atoms with Crippen molar-refractivity contribution in [3.63, 3.8) is 0 Å². The molecule has 1 aromatic heterocycles. The molecule has 1 fully saturated rings. The molecule has 0 radical (unpaired) electrons. The van der Waals surface area contributed by atoms with E-state index in [4.69, 9.17) is 0 Å². The second kappa shape index (κ2) is 6.39. The molecule has 2 aromatic rings. The molecule has 1 N–H and O–H groups in total. The molecule has 8 heteroatoms. The molecular weight excluding hydrogens is 307 g/mol. The second-order valence-electron chi connectivity index (χ2n) is 5.39. The quantitative estimate of drug-likeness (QED) is 0.935. The van der Waals surface area contributed by atoms with Crippen LogP contribution < -0.4 is 10.2 Å². The Bertz CT molecular complexity index is 651. The van der Waals surface area contributed by atoms with Crippen LogP contribution in [0.2, 0.25) is 0 Å². The molecule has 3 rings (SSSR count). The lowest BCUT2D eigenvalue weighted by Crippen LogP contribution is -2.31. The molecule has 0 aliphatic carbocycles. The average molecular weight is 323 g/mol. The van der Waals surface area contributed by atoms with E-state index in [0.29, 0.717) is 17.5 Å². The zero-order valence-corrected chi connectivity index (χ0v) is 12.3. The summed E-state index contributed by atoms with van der Waals surface area (Å²) in [5, 5.41) is 10.9. The monoisotopic (exact) mass is 323 g/mol. The SMILES string of the molecule is FC(F)(F)c1ccc(Nc2cnnc(N3CCCCC3)n2)cc1. The van der Waals surface area contributed by atoms with Crippen LogP contribution in [0, 0.1) is 0 Å². The number of benzene rings is 1. The third-order valence-electron chi connectivity index (χ3n) is 3.67. The number of aromatic nitrogens is 3. The van der Waals surface area contributed by atoms with Crippen molar-refractivity contribution in [2.75, 3.05) is 23.3 Å². The van der Waals surface area contributed by atoms with Gasteiger partial charge in [-0.1, -0.05) is 0 Å². The number of rotatable bonds is 3. The summed E-state index contributed by atoms with van der Waals surface area (Å²) in [5.74, 6) is 1.00. The van der Waals surface area contributed by atoms with Crippen LogP contribution in [0.25, 0.3) is 0 Å². The molecule has 1 aliphatic heterocycles. The summed E-state index contributed by atoms with van der Waals surface area (Å²) in [6.45, 7) is 1.79. The number of nitrogens with one attached hydrogen (secondary N) is 1. The minimum absolute atomic E-state index is 0.459. The number of nitrogens with zero attached hydrogens (tertiary/aromatic N) is 4. The number of anilines is 3. The molecule has 0 saturated carbocycles. The Morgan fingerprint density at radius 3 is 2.35 bits per heavy atom. The van der Waals surface area contributed by atoms with Gasteiger partial charge in [-0.05, 0) is 43.5 Å². The van der Waals surface area contributed by atoms with E-state index in [1.165, 1.54) is 24.8 Å². The lowest BCUT2D eigenvalue weighted by Gasteiger charge is -2.26. The van der Waals surface area contributed by atoms with Crippen LogP contribution in [0.4, 0.5) is 30.6 Å². The predicted molar refractivity (Wildman–Crippen MR) is 80.6 cm³/mol. The molecule has 0 atom stereocenters. The molecule has 1 aromatic carbocycles. The summed E-state index contributed by atoms with van der Waals surface area (Å²) in [6.07, 6.45) is 0.509. The van der Waals surface area contributed by atoms with Crippen LogP contribution in [0.5, 0.6) is 0 Å². The molecule has 0 bridgehead atoms. The lowest BCUT2D eigenvalue weighted by atomic mass is 10.1. The maximum Gasteiger partial charge on any atom is 0.416 e. The number of halogens is 3. The maximum atomic E-state index is 12.5. The first-order chi connectivity index (χ1) is 11.0. The van der Waals surface area contributed by atoms with E-state index in [-0.39, 0.29) is 0 Å². The summed E-state index contributed by atoms with van der Waals surface area (Å²) in [7, 11) is 0. The fraction of sp³-hybridized carbons (Fsp3) is 0.400. The highest BCUT2D eigenvalue weighted by Gasteiger charge is 2.29. The Hall–Kier alpha value is -2.38. The van der Waals surface area contributed by atoms with E-state index in [9.17, 15) is 13.2 Å². The van der Waals surface area contributed by atoms with Crippen molar-refractivity contribution in [3.8, 4) is 0 Å². The van der Waals surface area contributed by atoms with E-state index in [1.807, 2.05) is 0 Å². The van der Waals surface area contributed by atoms with Crippen LogP contribution in [-0.4, -0.2) is 28.3 Å². The van der Waals surface area contributed by atoms with Crippen molar-refractivity contribution in [3.05, 3.63) is 36.0 Å². The van der Waals surface area contributed by atoms with Gasteiger partial charge in [-0.25, -0.2) is 0 Å². The van der Waals surface area contributed by atoms with Crippen molar-refractivity contribution >= 4 is 17.5 Å². The minimum atomic E-state index is -4.34. The van der Waals surface area contributed by atoms with E-state index in [0.717, 1.165) is 38.1 Å². The average Bonchev–Trinajstić information content (AvgIpc) is 2.56. The first-order valence-electron chi connectivity index (χ1n) is 7.41. The molecule has 122 valence electrons. The minimum Gasteiger partial charge on any atom is -0.339 e. The summed E-state index contributed by atoms with van der Waals surface area (Å²) < 4.78 is 37.6. The summed E-state index contributed by atoms with van der Waals surface area (Å²) >= 11 is 0. The molecule has 1 saturated heterocycles. The van der Waals surface area contributed by atoms with Gasteiger partial charge < -0.3 is 10.2 Å². The second-order valence-corrected chi connectivity index (χ2v) is 5.39. The molecule has 2 heterocycles. The van der Waals surface area contributed by atoms with Crippen LogP contribution in [0.3, 0.4) is 0 Å². The standard InChI is InChI=1S/C15H16F3N5/c16-15(17,18)11-4-6-12(7-5-11)20-13-10-19-22-14(21-13)23-8-2-1-3-9-23/h4-7,10H,1-3,8-9H2,(H,20,21,22). The molecular formula is C15H16F3N5. The highest BCUT2D eigenvalue weighted by Crippen LogP contribution is 2.30. The van der Waals surface area contributed by atoms with Crippen LogP contribution in [0.1, 0.15) is 24.8 Å². The largest absolute Gasteiger partial charge is 0.416 e. The van der Waals surface area contributed by atoms with Crippen LogP contribution in [-0.2, 0) is 6.18 Å². The molecule has 23 heavy (non-hydrogen) atoms. The van der Waals surface area contributed by atoms with Gasteiger partial charge in [-0.3, -0.25) is 0 Å². The van der Waals surface area contributed by atoms with Gasteiger partial charge in [0, 0.05) is 18.8 Å². The number of hydrogen-bond donors (Lipinski definition) is 1. The Kier molecular flexibility index (Phi) is 4.31. The number of alkyl halides is 3. The van der Waals surface area contributed by atoms with Gasteiger partial charge in [0.05, 0.1) is 11.8 Å². The highest BCUT2D eigenvalue weighted by molar-refractivity contribution is 5.56. The Labute approximate surface area is 131 Å². The molecule has 5 nitrogen and oxygen atoms in total. The van der Waals surface area contributed by atoms with E-state index >= 15 is 0 Å². The Balaban J connectivity index is 1.72. The van der Waals surface area contributed by atoms with Gasteiger partial charge in [0.15, 0.2) is 5.82 Å². The van der Waals surface area contributed by atoms with Crippen molar-refractivity contribution in [1.29, 1.82) is 0 Å². The molecule has 1 aliphatic rings. The first kappa shape index (κ1) is 15.5. The van der Waals surface area contributed by atoms with Crippen molar-refractivity contribution in [2.45, 2.75) is 25.4 Å². The van der Waals surface area contributed by atoms with Gasteiger partial charge in [0.2, 0.25) is 5.95 Å². The zero-order chi connectivity index (χ0) is 16.3. The van der Waals surface area contributed by atoms with Gasteiger partial charge in [-0.15, -0.1) is 5.10 Å². The van der Waals surface area contributed by atoms with Crippen molar-refractivity contribution in [1.82, 2.24) is 15.2 Å². The number of piperidine rings is 1. The molecule has 0 amide bonds. The highest BCUT2D eigenvalue weighted by atomic mass is 19.4. The van der Waals surface area contributed by atoms with Crippen LogP contribution in [0.15, 0.2) is 30.5 Å². The van der Waals surface area contributed by atoms with E-state index in [2.05, 4.69) is 25.4 Å². The summed E-state index contributed by atoms with van der Waals surface area (Å²) in [6, 6.07) is 4.79. The smallest absolute Gasteiger partial charge is 0.339 e. The fourth-order valence-corrected chi connectivity index (χ4v) is 2.47. The topological polar surface area (TPSA) is 53.9 Å². The van der Waals surface area contributed by atoms with E-state index in [1.54, 1.807) is 0 Å². The Morgan fingerprint density at radius 2 is 1.70 bits per heavy atom. The third kappa shape index (κ3) is 3.88. The van der Waals surface area contributed by atoms with Crippen molar-refractivity contribution in [2.24, 2.45) is 0 Å². The van der Waals surface area contributed by atoms with Gasteiger partial charge in [-0.2, -0.15) is 23.3 Å². The number of hydrogen-bond acceptors (Lipinski definition) is 5. The van der Waals surface area contributed by atoms with Gasteiger partial charge in [0.25, 0.3) is 0 Å². The first-order valence-corrected chi connectivity index (χ1v) is 7.41. The van der Waals surface area contributed by atoms with Crippen molar-refractivity contribution < 1.29 is 13.2 Å². The summed E-state index contributed by atoms with van der Waals surface area (Å²) in [4.78, 5) is 6.45. The van der Waals surface area contributed by atoms with E-state index < -0.39 is 11.7 Å². The van der Waals surface area contributed by atoms with Crippen LogP contribution >= 0.6 is 0 Å². The third-order valence-corrected chi connectivity index (χ3v) is 3.67.